The van der Waals surface area contributed by atoms with E-state index in [9.17, 15) is 40.9 Å². The van der Waals surface area contributed by atoms with E-state index in [-0.39, 0.29) is 32.7 Å². The number of para-hydroxylation sites is 1. The van der Waals surface area contributed by atoms with Crippen molar-refractivity contribution >= 4 is 43.5 Å². The molecule has 0 unspecified atom stereocenters. The molecule has 7 aromatic carbocycles. The van der Waals surface area contributed by atoms with Gasteiger partial charge in [0.15, 0.2) is 23.0 Å². The van der Waals surface area contributed by atoms with Crippen LogP contribution in [0.25, 0.3) is 76.9 Å². The van der Waals surface area contributed by atoms with Crippen molar-refractivity contribution < 1.29 is 45.3 Å². The minimum Gasteiger partial charge on any atom is -0.504 e. The van der Waals surface area contributed by atoms with Crippen molar-refractivity contribution in [3.05, 3.63) is 97.1 Å². The molecule has 8 N–H and O–H groups in total. The van der Waals surface area contributed by atoms with Crippen LogP contribution in [0.1, 0.15) is 0 Å². The molecule has 8 aromatic rings. The summed E-state index contributed by atoms with van der Waals surface area (Å²) in [6.07, 6.45) is 0. The Hall–Kier alpha value is -6.74. The molecule has 0 saturated heterocycles. The summed E-state index contributed by atoms with van der Waals surface area (Å²) in [7, 11) is 0. The van der Waals surface area contributed by atoms with Crippen molar-refractivity contribution in [3.8, 4) is 79.4 Å². The normalized spacial score (nSPS) is 11.7. The lowest BCUT2D eigenvalue weighted by atomic mass is 9.82. The van der Waals surface area contributed by atoms with Gasteiger partial charge in [-0.15, -0.1) is 0 Å². The average Bonchev–Trinajstić information content (AvgIpc) is 3.49. The summed E-state index contributed by atoms with van der Waals surface area (Å²) in [5, 5.41) is 89.7. The number of hydrogen-bond donors (Lipinski definition) is 8. The van der Waals surface area contributed by atoms with Gasteiger partial charge >= 0.3 is 0 Å². The molecule has 8 rings (SSSR count). The SMILES string of the molecule is Oc1c(O)c(O)c2c(-c3cccc4oc5ccccc5c34)c3c(O)c(O)c(O)c(O)c3c(-c3ccc(-c4ccccc4)cc3)c2c1O. The van der Waals surface area contributed by atoms with E-state index in [2.05, 4.69) is 0 Å². The van der Waals surface area contributed by atoms with Crippen LogP contribution in [0.5, 0.6) is 46.0 Å². The summed E-state index contributed by atoms with van der Waals surface area (Å²) in [6.45, 7) is 0. The van der Waals surface area contributed by atoms with Crippen LogP contribution in [0.3, 0.4) is 0 Å². The summed E-state index contributed by atoms with van der Waals surface area (Å²) in [5.41, 5.74) is 3.28. The highest BCUT2D eigenvalue weighted by Crippen LogP contribution is 2.62. The molecule has 1 heterocycles. The lowest BCUT2D eigenvalue weighted by Crippen LogP contribution is -1.95. The second kappa shape index (κ2) is 9.88. The number of phenolic OH excluding ortho intramolecular Hbond substituents is 8. The van der Waals surface area contributed by atoms with Crippen molar-refractivity contribution in [1.82, 2.24) is 0 Å². The summed E-state index contributed by atoms with van der Waals surface area (Å²) < 4.78 is 6.07. The van der Waals surface area contributed by atoms with Crippen LogP contribution < -0.4 is 0 Å². The number of rotatable bonds is 3. The minimum absolute atomic E-state index is 0.0196. The highest BCUT2D eigenvalue weighted by atomic mass is 16.4. The molecule has 0 radical (unpaired) electrons. The molecule has 47 heavy (non-hydrogen) atoms. The molecule has 0 atom stereocenters. The first kappa shape index (κ1) is 27.8. The highest BCUT2D eigenvalue weighted by Gasteiger charge is 2.33. The van der Waals surface area contributed by atoms with E-state index in [0.717, 1.165) is 11.1 Å². The Balaban J connectivity index is 1.63. The third-order valence-electron chi connectivity index (χ3n) is 8.75. The van der Waals surface area contributed by atoms with Crippen molar-refractivity contribution in [2.24, 2.45) is 0 Å². The first-order chi connectivity index (χ1) is 22.7. The van der Waals surface area contributed by atoms with E-state index in [1.54, 1.807) is 66.7 Å². The summed E-state index contributed by atoms with van der Waals surface area (Å²) in [6, 6.07) is 28.6. The Morgan fingerprint density at radius 3 is 1.34 bits per heavy atom. The molecule has 0 spiro atoms. The molecule has 9 nitrogen and oxygen atoms in total. The Morgan fingerprint density at radius 2 is 0.766 bits per heavy atom. The van der Waals surface area contributed by atoms with Crippen LogP contribution in [-0.4, -0.2) is 40.9 Å². The molecule has 0 fully saturated rings. The maximum absolute atomic E-state index is 11.5. The maximum Gasteiger partial charge on any atom is 0.204 e. The number of benzene rings is 7. The quantitative estimate of drug-likeness (QED) is 0.0544. The molecule has 1 aromatic heterocycles. The zero-order valence-electron chi connectivity index (χ0n) is 24.2. The second-order valence-electron chi connectivity index (χ2n) is 11.3. The fraction of sp³-hybridized carbons (Fsp3) is 0. The minimum atomic E-state index is -1.03. The third kappa shape index (κ3) is 3.77. The van der Waals surface area contributed by atoms with Crippen LogP contribution in [-0.2, 0) is 0 Å². The number of aromatic hydroxyl groups is 8. The topological polar surface area (TPSA) is 175 Å². The Morgan fingerprint density at radius 1 is 0.319 bits per heavy atom. The molecular weight excluding hydrogens is 600 g/mol. The van der Waals surface area contributed by atoms with E-state index >= 15 is 0 Å². The summed E-state index contributed by atoms with van der Waals surface area (Å²) in [5.74, 6) is -7.47. The molecule has 0 aliphatic heterocycles. The largest absolute Gasteiger partial charge is 0.504 e. The second-order valence-corrected chi connectivity index (χ2v) is 11.3. The van der Waals surface area contributed by atoms with Gasteiger partial charge in [-0.1, -0.05) is 84.9 Å². The standard InChI is InChI=1S/C38H24O9/c39-31-27-24(19-15-13-18(14-16-19)17-7-2-1-3-8-17)28-30(34(42)38(46)36(44)32(28)40)26(29(27)33(41)37(45)35(31)43)21-10-6-12-23-25(21)20-9-4-5-11-22(20)47-23/h1-16,39-46H. The first-order valence-corrected chi connectivity index (χ1v) is 14.5. The first-order valence-electron chi connectivity index (χ1n) is 14.5. The molecule has 230 valence electrons. The highest BCUT2D eigenvalue weighted by molar-refractivity contribution is 6.31. The fourth-order valence-electron chi connectivity index (χ4n) is 6.62. The third-order valence-corrected chi connectivity index (χ3v) is 8.75. The van der Waals surface area contributed by atoms with Gasteiger partial charge in [-0.05, 0) is 34.4 Å². The molecule has 0 aliphatic carbocycles. The van der Waals surface area contributed by atoms with Crippen LogP contribution >= 0.6 is 0 Å². The van der Waals surface area contributed by atoms with Gasteiger partial charge in [0.05, 0.1) is 0 Å². The molecule has 0 aliphatic rings. The molecule has 0 bridgehead atoms. The van der Waals surface area contributed by atoms with Gasteiger partial charge in [0.1, 0.15) is 11.2 Å². The Kier molecular flexibility index (Phi) is 5.84. The van der Waals surface area contributed by atoms with Crippen molar-refractivity contribution in [2.75, 3.05) is 0 Å². The monoisotopic (exact) mass is 624 g/mol. The number of furan rings is 1. The molecule has 0 saturated carbocycles. The van der Waals surface area contributed by atoms with Gasteiger partial charge in [0.2, 0.25) is 23.0 Å². The molecule has 0 amide bonds. The summed E-state index contributed by atoms with van der Waals surface area (Å²) in [4.78, 5) is 0. The smallest absolute Gasteiger partial charge is 0.204 e. The van der Waals surface area contributed by atoms with Crippen LogP contribution in [0, 0.1) is 0 Å². The van der Waals surface area contributed by atoms with E-state index < -0.39 is 46.0 Å². The van der Waals surface area contributed by atoms with Crippen LogP contribution in [0.4, 0.5) is 0 Å². The number of hydrogen-bond acceptors (Lipinski definition) is 9. The van der Waals surface area contributed by atoms with Gasteiger partial charge in [0.25, 0.3) is 0 Å². The van der Waals surface area contributed by atoms with Crippen molar-refractivity contribution in [1.29, 1.82) is 0 Å². The lowest BCUT2D eigenvalue weighted by molar-refractivity contribution is 0.350. The summed E-state index contributed by atoms with van der Waals surface area (Å²) >= 11 is 0. The lowest BCUT2D eigenvalue weighted by Gasteiger charge is -2.23. The van der Waals surface area contributed by atoms with E-state index in [0.29, 0.717) is 33.1 Å². The fourth-order valence-corrected chi connectivity index (χ4v) is 6.62. The van der Waals surface area contributed by atoms with E-state index in [4.69, 9.17) is 4.42 Å². The van der Waals surface area contributed by atoms with Gasteiger partial charge in [-0.25, -0.2) is 0 Å². The predicted molar refractivity (Wildman–Crippen MR) is 178 cm³/mol. The maximum atomic E-state index is 11.5. The van der Waals surface area contributed by atoms with Gasteiger partial charge in [-0.2, -0.15) is 0 Å². The Labute approximate surface area is 264 Å². The zero-order chi connectivity index (χ0) is 32.7. The predicted octanol–water partition coefficient (Wildman–Crippen LogP) is 8.54. The van der Waals surface area contributed by atoms with Crippen LogP contribution in [0.2, 0.25) is 0 Å². The van der Waals surface area contributed by atoms with Gasteiger partial charge in [-0.3, -0.25) is 0 Å². The van der Waals surface area contributed by atoms with Crippen molar-refractivity contribution in [2.45, 2.75) is 0 Å². The van der Waals surface area contributed by atoms with E-state index in [1.807, 2.05) is 30.3 Å². The Bertz CT molecular complexity index is 2500. The molecule has 9 heteroatoms. The number of fused-ring (bicyclic) bond motifs is 5. The van der Waals surface area contributed by atoms with Gasteiger partial charge in [0, 0.05) is 43.4 Å². The van der Waals surface area contributed by atoms with Crippen molar-refractivity contribution in [3.63, 3.8) is 0 Å². The molecular formula is C38H24O9. The van der Waals surface area contributed by atoms with Gasteiger partial charge < -0.3 is 45.3 Å². The number of phenols is 8. The van der Waals surface area contributed by atoms with E-state index in [1.165, 1.54) is 0 Å². The average molecular weight is 625 g/mol. The van der Waals surface area contributed by atoms with Crippen LogP contribution in [0.15, 0.2) is 101 Å². The zero-order valence-corrected chi connectivity index (χ0v) is 24.2.